The molecule has 0 unspecified atom stereocenters. The maximum atomic E-state index is 12.5. The third-order valence-corrected chi connectivity index (χ3v) is 3.47. The quantitative estimate of drug-likeness (QED) is 0.640. The first-order valence-electron chi connectivity index (χ1n) is 7.50. The fraction of sp³-hybridized carbons (Fsp3) is 0.111. The van der Waals surface area contributed by atoms with Crippen molar-refractivity contribution in [1.82, 2.24) is 9.66 Å². The number of para-hydroxylation sites is 1. The highest BCUT2D eigenvalue weighted by Gasteiger charge is 2.06. The summed E-state index contributed by atoms with van der Waals surface area (Å²) in [6, 6.07) is 13.7. The van der Waals surface area contributed by atoms with Crippen LogP contribution < -0.4 is 15.4 Å². The molecule has 0 fully saturated rings. The molecule has 126 valence electrons. The van der Waals surface area contributed by atoms with Crippen molar-refractivity contribution in [2.24, 2.45) is 5.10 Å². The van der Waals surface area contributed by atoms with Gasteiger partial charge in [0.25, 0.3) is 5.56 Å². The lowest BCUT2D eigenvalue weighted by Crippen LogP contribution is -2.28. The fourth-order valence-electron chi connectivity index (χ4n) is 2.29. The summed E-state index contributed by atoms with van der Waals surface area (Å²) in [6.07, 6.45) is 1.52. The number of carbonyl (C=O) groups is 1. The van der Waals surface area contributed by atoms with Crippen LogP contribution in [0.3, 0.4) is 0 Å². The highest BCUT2D eigenvalue weighted by Crippen LogP contribution is 2.11. The van der Waals surface area contributed by atoms with Gasteiger partial charge in [-0.3, -0.25) is 4.79 Å². The molecule has 0 saturated carbocycles. The third-order valence-electron chi connectivity index (χ3n) is 3.47. The van der Waals surface area contributed by atoms with E-state index in [9.17, 15) is 14.7 Å². The third kappa shape index (κ3) is 3.72. The van der Waals surface area contributed by atoms with E-state index in [1.54, 1.807) is 49.4 Å². The topological polar surface area (TPSA) is 96.6 Å². The number of aryl methyl sites for hydroxylation is 1. The molecule has 0 aliphatic carbocycles. The first-order chi connectivity index (χ1) is 12.0. The van der Waals surface area contributed by atoms with Crippen LogP contribution in [0, 0.1) is 6.92 Å². The van der Waals surface area contributed by atoms with Crippen LogP contribution in [0.25, 0.3) is 10.9 Å². The number of ether oxygens (including phenoxy) is 1. The van der Waals surface area contributed by atoms with Gasteiger partial charge in [0.2, 0.25) is 0 Å². The fourth-order valence-corrected chi connectivity index (χ4v) is 2.29. The van der Waals surface area contributed by atoms with Crippen LogP contribution in [0.15, 0.2) is 58.4 Å². The van der Waals surface area contributed by atoms with Gasteiger partial charge < -0.3 is 14.6 Å². The van der Waals surface area contributed by atoms with Gasteiger partial charge in [0.1, 0.15) is 18.2 Å². The van der Waals surface area contributed by atoms with E-state index in [4.69, 9.17) is 4.74 Å². The first kappa shape index (κ1) is 16.4. The molecular formula is C18H14N3O4-. The lowest BCUT2D eigenvalue weighted by atomic mass is 10.2. The van der Waals surface area contributed by atoms with E-state index in [0.717, 1.165) is 5.56 Å². The van der Waals surface area contributed by atoms with E-state index in [2.05, 4.69) is 10.1 Å². The van der Waals surface area contributed by atoms with Crippen LogP contribution in [-0.4, -0.2) is 28.5 Å². The normalized spacial score (nSPS) is 11.1. The minimum atomic E-state index is -1.29. The van der Waals surface area contributed by atoms with Crippen LogP contribution >= 0.6 is 0 Å². The number of nitrogens with zero attached hydrogens (tertiary/aromatic N) is 3. The number of aliphatic carboxylic acids is 1. The molecule has 1 heterocycles. The average Bonchev–Trinajstić information content (AvgIpc) is 2.60. The molecule has 3 rings (SSSR count). The van der Waals surface area contributed by atoms with Gasteiger partial charge in [-0.2, -0.15) is 9.78 Å². The van der Waals surface area contributed by atoms with Gasteiger partial charge in [-0.25, -0.2) is 4.98 Å². The van der Waals surface area contributed by atoms with Crippen LogP contribution in [0.4, 0.5) is 0 Å². The summed E-state index contributed by atoms with van der Waals surface area (Å²) in [4.78, 5) is 27.2. The highest BCUT2D eigenvalue weighted by molar-refractivity contribution is 5.80. The highest BCUT2D eigenvalue weighted by atomic mass is 16.5. The maximum Gasteiger partial charge on any atom is 0.282 e. The van der Waals surface area contributed by atoms with Gasteiger partial charge >= 0.3 is 0 Å². The lowest BCUT2D eigenvalue weighted by Gasteiger charge is -2.07. The molecule has 0 atom stereocenters. The lowest BCUT2D eigenvalue weighted by molar-refractivity contribution is -0.307. The van der Waals surface area contributed by atoms with E-state index in [-0.39, 0.29) is 5.56 Å². The minimum absolute atomic E-state index is 0.242. The van der Waals surface area contributed by atoms with Crippen LogP contribution in [-0.2, 0) is 4.79 Å². The molecule has 25 heavy (non-hydrogen) atoms. The Labute approximate surface area is 142 Å². The molecule has 0 amide bonds. The van der Waals surface area contributed by atoms with Crippen LogP contribution in [0.2, 0.25) is 0 Å². The summed E-state index contributed by atoms with van der Waals surface area (Å²) in [6.45, 7) is 1.20. The number of carbonyl (C=O) groups excluding carboxylic acids is 1. The standard InChI is InChI=1S/C18H15N3O4/c1-12-20-16-5-3-2-4-15(16)18(24)21(12)19-10-13-6-8-14(9-7-13)25-11-17(22)23/h2-10H,11H2,1H3,(H,22,23)/p-1/b19-10-. The van der Waals surface area contributed by atoms with Crippen molar-refractivity contribution in [3.05, 3.63) is 70.3 Å². The second-order valence-corrected chi connectivity index (χ2v) is 5.27. The second kappa shape index (κ2) is 6.96. The van der Waals surface area contributed by atoms with Crippen molar-refractivity contribution in [1.29, 1.82) is 0 Å². The Morgan fingerprint density at radius 1 is 1.24 bits per heavy atom. The molecule has 2 aromatic carbocycles. The molecule has 0 bridgehead atoms. The molecule has 0 aliphatic heterocycles. The zero-order valence-corrected chi connectivity index (χ0v) is 13.4. The molecule has 0 radical (unpaired) electrons. The zero-order chi connectivity index (χ0) is 17.8. The Hall–Kier alpha value is -3.48. The van der Waals surface area contributed by atoms with Crippen molar-refractivity contribution >= 4 is 23.1 Å². The Kier molecular flexibility index (Phi) is 4.56. The van der Waals surface area contributed by atoms with E-state index in [0.29, 0.717) is 22.5 Å². The van der Waals surface area contributed by atoms with Gasteiger partial charge in [-0.15, -0.1) is 0 Å². The molecule has 0 aliphatic rings. The van der Waals surface area contributed by atoms with E-state index >= 15 is 0 Å². The monoisotopic (exact) mass is 336 g/mol. The Morgan fingerprint density at radius 2 is 1.96 bits per heavy atom. The maximum absolute atomic E-state index is 12.5. The summed E-state index contributed by atoms with van der Waals surface area (Å²) in [5.74, 6) is -0.403. The van der Waals surface area contributed by atoms with Crippen molar-refractivity contribution in [2.75, 3.05) is 6.61 Å². The van der Waals surface area contributed by atoms with Gasteiger partial charge in [-0.1, -0.05) is 12.1 Å². The second-order valence-electron chi connectivity index (χ2n) is 5.27. The number of carboxylic acid groups (broad SMARTS) is 1. The number of carboxylic acids is 1. The van der Waals surface area contributed by atoms with Crippen molar-refractivity contribution < 1.29 is 14.6 Å². The SMILES string of the molecule is Cc1nc2ccccc2c(=O)n1/N=C\c1ccc(OCC(=O)[O-])cc1. The number of hydrogen-bond acceptors (Lipinski definition) is 6. The van der Waals surface area contributed by atoms with Crippen LogP contribution in [0.1, 0.15) is 11.4 Å². The molecule has 0 spiro atoms. The van der Waals surface area contributed by atoms with E-state index in [1.807, 2.05) is 6.07 Å². The predicted molar refractivity (Wildman–Crippen MR) is 90.7 cm³/mol. The summed E-state index contributed by atoms with van der Waals surface area (Å²) < 4.78 is 6.24. The number of benzene rings is 2. The Morgan fingerprint density at radius 3 is 2.68 bits per heavy atom. The summed E-state index contributed by atoms with van der Waals surface area (Å²) in [5, 5.41) is 15.1. The van der Waals surface area contributed by atoms with Gasteiger partial charge in [-0.05, 0) is 48.9 Å². The molecule has 0 saturated heterocycles. The zero-order valence-electron chi connectivity index (χ0n) is 13.4. The van der Waals surface area contributed by atoms with Crippen LogP contribution in [0.5, 0.6) is 5.75 Å². The summed E-state index contributed by atoms with van der Waals surface area (Å²) in [5.41, 5.74) is 1.11. The number of fused-ring (bicyclic) bond motifs is 1. The molecule has 7 nitrogen and oxygen atoms in total. The molecule has 1 aromatic heterocycles. The average molecular weight is 336 g/mol. The minimum Gasteiger partial charge on any atom is -0.546 e. The van der Waals surface area contributed by atoms with E-state index in [1.165, 1.54) is 10.9 Å². The Balaban J connectivity index is 1.86. The largest absolute Gasteiger partial charge is 0.546 e. The molecule has 0 N–H and O–H groups in total. The van der Waals surface area contributed by atoms with Gasteiger partial charge in [0, 0.05) is 0 Å². The van der Waals surface area contributed by atoms with E-state index < -0.39 is 12.6 Å². The van der Waals surface area contributed by atoms with Crippen molar-refractivity contribution in [3.63, 3.8) is 0 Å². The van der Waals surface area contributed by atoms with Gasteiger partial charge in [0.15, 0.2) is 0 Å². The van der Waals surface area contributed by atoms with Crippen molar-refractivity contribution in [3.8, 4) is 5.75 Å². The Bertz CT molecular complexity index is 1010. The summed E-state index contributed by atoms with van der Waals surface area (Å²) >= 11 is 0. The summed E-state index contributed by atoms with van der Waals surface area (Å²) in [7, 11) is 0. The molecular weight excluding hydrogens is 322 g/mol. The number of rotatable bonds is 5. The number of aromatic nitrogens is 2. The predicted octanol–water partition coefficient (Wildman–Crippen LogP) is 0.716. The molecule has 3 aromatic rings. The first-order valence-corrected chi connectivity index (χ1v) is 7.50. The van der Waals surface area contributed by atoms with Gasteiger partial charge in [0.05, 0.1) is 23.1 Å². The number of hydrogen-bond donors (Lipinski definition) is 0. The molecule has 7 heteroatoms. The smallest absolute Gasteiger partial charge is 0.282 e. The van der Waals surface area contributed by atoms with Crippen molar-refractivity contribution in [2.45, 2.75) is 6.92 Å².